The minimum absolute atomic E-state index is 0.0161. The van der Waals surface area contributed by atoms with Gasteiger partial charge in [0.05, 0.1) is 6.04 Å². The Kier molecular flexibility index (Phi) is 4.63. The van der Waals surface area contributed by atoms with E-state index in [1.54, 1.807) is 0 Å². The highest BCUT2D eigenvalue weighted by Crippen LogP contribution is 2.26. The zero-order valence-corrected chi connectivity index (χ0v) is 12.5. The predicted octanol–water partition coefficient (Wildman–Crippen LogP) is 1.05. The number of carboxylic acids is 1. The van der Waals surface area contributed by atoms with Crippen molar-refractivity contribution in [2.24, 2.45) is 11.7 Å². The lowest BCUT2D eigenvalue weighted by Gasteiger charge is -2.31. The summed E-state index contributed by atoms with van der Waals surface area (Å²) in [7, 11) is 0. The van der Waals surface area contributed by atoms with Crippen molar-refractivity contribution in [1.29, 1.82) is 0 Å². The molecule has 1 amide bonds. The second kappa shape index (κ2) is 6.26. The fraction of sp³-hybridized carbons (Fsp3) is 0.500. The zero-order valence-electron chi connectivity index (χ0n) is 12.5. The third-order valence-corrected chi connectivity index (χ3v) is 4.06. The third-order valence-electron chi connectivity index (χ3n) is 4.06. The van der Waals surface area contributed by atoms with Gasteiger partial charge in [-0.25, -0.2) is 0 Å². The molecule has 0 saturated heterocycles. The van der Waals surface area contributed by atoms with Gasteiger partial charge in [-0.2, -0.15) is 0 Å². The summed E-state index contributed by atoms with van der Waals surface area (Å²) in [5.41, 5.74) is 8.29. The van der Waals surface area contributed by atoms with Crippen molar-refractivity contribution in [3.63, 3.8) is 0 Å². The molecule has 3 N–H and O–H groups in total. The van der Waals surface area contributed by atoms with Crippen LogP contribution in [0.5, 0.6) is 0 Å². The Morgan fingerprint density at radius 3 is 2.24 bits per heavy atom. The molecule has 5 nitrogen and oxygen atoms in total. The van der Waals surface area contributed by atoms with E-state index in [1.807, 2.05) is 38.1 Å². The highest BCUT2D eigenvalue weighted by Gasteiger charge is 2.34. The van der Waals surface area contributed by atoms with Crippen molar-refractivity contribution in [3.8, 4) is 0 Å². The van der Waals surface area contributed by atoms with Crippen molar-refractivity contribution in [2.75, 3.05) is 6.54 Å². The number of carbonyl (C=O) groups is 2. The number of rotatable bonds is 5. The van der Waals surface area contributed by atoms with Crippen LogP contribution in [0.15, 0.2) is 24.3 Å². The normalized spacial score (nSPS) is 15.8. The van der Waals surface area contributed by atoms with Gasteiger partial charge in [0, 0.05) is 6.04 Å². The second-order valence-electron chi connectivity index (χ2n) is 5.96. The van der Waals surface area contributed by atoms with Crippen LogP contribution in [0.2, 0.25) is 0 Å². The van der Waals surface area contributed by atoms with Gasteiger partial charge in [-0.05, 0) is 29.9 Å². The summed E-state index contributed by atoms with van der Waals surface area (Å²) >= 11 is 0. The van der Waals surface area contributed by atoms with E-state index in [0.717, 1.165) is 0 Å². The molecular formula is C16H22N2O3. The average Bonchev–Trinajstić information content (AvgIpc) is 2.86. The Hall–Kier alpha value is -1.88. The number of benzene rings is 1. The molecule has 0 heterocycles. The number of carbonyl (C=O) groups excluding carboxylic acids is 1. The van der Waals surface area contributed by atoms with Crippen molar-refractivity contribution in [1.82, 2.24) is 4.90 Å². The number of nitrogens with two attached hydrogens (primary N) is 1. The Bertz CT molecular complexity index is 517. The number of hydrogen-bond acceptors (Lipinski definition) is 3. The van der Waals surface area contributed by atoms with Crippen LogP contribution in [-0.2, 0) is 22.4 Å². The highest BCUT2D eigenvalue weighted by atomic mass is 16.4. The Balaban J connectivity index is 2.18. The summed E-state index contributed by atoms with van der Waals surface area (Å²) in [6.07, 6.45) is 1.39. The van der Waals surface area contributed by atoms with Gasteiger partial charge < -0.3 is 15.7 Å². The Labute approximate surface area is 124 Å². The van der Waals surface area contributed by atoms with Gasteiger partial charge in [0.1, 0.15) is 6.54 Å². The largest absolute Gasteiger partial charge is 0.480 e. The zero-order chi connectivity index (χ0) is 15.6. The number of hydrogen-bond donors (Lipinski definition) is 2. The Morgan fingerprint density at radius 1 is 1.29 bits per heavy atom. The maximum Gasteiger partial charge on any atom is 0.323 e. The van der Waals surface area contributed by atoms with Crippen LogP contribution in [0.1, 0.15) is 25.0 Å². The molecule has 1 aliphatic rings. The van der Waals surface area contributed by atoms with Gasteiger partial charge in [0.15, 0.2) is 0 Å². The second-order valence-corrected chi connectivity index (χ2v) is 5.96. The van der Waals surface area contributed by atoms with Gasteiger partial charge in [-0.3, -0.25) is 9.59 Å². The summed E-state index contributed by atoms with van der Waals surface area (Å²) in [6.45, 7) is 3.44. The molecule has 0 aromatic heterocycles. The molecule has 1 aliphatic carbocycles. The molecule has 1 aromatic rings. The molecule has 5 heteroatoms. The van der Waals surface area contributed by atoms with Crippen LogP contribution in [0.25, 0.3) is 0 Å². The molecule has 21 heavy (non-hydrogen) atoms. The minimum Gasteiger partial charge on any atom is -0.480 e. The number of nitrogens with zero attached hydrogens (tertiary/aromatic N) is 1. The number of fused-ring (bicyclic) bond motifs is 1. The maximum absolute atomic E-state index is 12.5. The standard InChI is InChI=1S/C16H22N2O3/c1-10(2)15(17)16(21)18(9-14(19)20)13-7-11-5-3-4-6-12(11)8-13/h3-6,10,13,15H,7-9,17H2,1-2H3,(H,19,20)/t15-/m0/s1. The first-order valence-electron chi connectivity index (χ1n) is 7.24. The number of aliphatic carboxylic acids is 1. The summed E-state index contributed by atoms with van der Waals surface area (Å²) in [4.78, 5) is 25.0. The van der Waals surface area contributed by atoms with Crippen LogP contribution >= 0.6 is 0 Å². The fourth-order valence-electron chi connectivity index (χ4n) is 2.77. The average molecular weight is 290 g/mol. The van der Waals surface area contributed by atoms with Crippen LogP contribution < -0.4 is 5.73 Å². The van der Waals surface area contributed by atoms with Crippen LogP contribution in [0, 0.1) is 5.92 Å². The lowest BCUT2D eigenvalue weighted by atomic mass is 10.0. The first kappa shape index (κ1) is 15.5. The SMILES string of the molecule is CC(C)[C@H](N)C(=O)N(CC(=O)O)C1Cc2ccccc2C1. The molecule has 2 rings (SSSR count). The molecular weight excluding hydrogens is 268 g/mol. The summed E-state index contributed by atoms with van der Waals surface area (Å²) < 4.78 is 0. The van der Waals surface area contributed by atoms with Crippen molar-refractivity contribution in [3.05, 3.63) is 35.4 Å². The highest BCUT2D eigenvalue weighted by molar-refractivity contribution is 5.85. The lowest BCUT2D eigenvalue weighted by molar-refractivity contribution is -0.147. The van der Waals surface area contributed by atoms with Crippen LogP contribution in [-0.4, -0.2) is 40.5 Å². The molecule has 1 aromatic carbocycles. The predicted molar refractivity (Wildman–Crippen MR) is 79.8 cm³/mol. The van der Waals surface area contributed by atoms with Crippen LogP contribution in [0.3, 0.4) is 0 Å². The van der Waals surface area contributed by atoms with E-state index in [2.05, 4.69) is 0 Å². The van der Waals surface area contributed by atoms with Gasteiger partial charge in [-0.15, -0.1) is 0 Å². The number of amides is 1. The van der Waals surface area contributed by atoms with Crippen LogP contribution in [0.4, 0.5) is 0 Å². The number of carboxylic acid groups (broad SMARTS) is 1. The first-order chi connectivity index (χ1) is 9.90. The van der Waals surface area contributed by atoms with Gasteiger partial charge in [-0.1, -0.05) is 38.1 Å². The molecule has 1 atom stereocenters. The molecule has 0 spiro atoms. The summed E-state index contributed by atoms with van der Waals surface area (Å²) in [5, 5.41) is 9.10. The smallest absolute Gasteiger partial charge is 0.323 e. The molecule has 0 unspecified atom stereocenters. The van der Waals surface area contributed by atoms with Crippen molar-refractivity contribution < 1.29 is 14.7 Å². The van der Waals surface area contributed by atoms with E-state index in [-0.39, 0.29) is 24.4 Å². The van der Waals surface area contributed by atoms with Crippen molar-refractivity contribution >= 4 is 11.9 Å². The topological polar surface area (TPSA) is 83.6 Å². The third kappa shape index (κ3) is 3.42. The fourth-order valence-corrected chi connectivity index (χ4v) is 2.77. The van der Waals surface area contributed by atoms with E-state index in [1.165, 1.54) is 16.0 Å². The minimum atomic E-state index is -1.00. The molecule has 0 radical (unpaired) electrons. The maximum atomic E-state index is 12.5. The Morgan fingerprint density at radius 2 is 1.81 bits per heavy atom. The van der Waals surface area contributed by atoms with Gasteiger partial charge in [0.25, 0.3) is 0 Å². The van der Waals surface area contributed by atoms with E-state index < -0.39 is 12.0 Å². The summed E-state index contributed by atoms with van der Waals surface area (Å²) in [6, 6.07) is 7.21. The van der Waals surface area contributed by atoms with E-state index in [9.17, 15) is 9.59 Å². The van der Waals surface area contributed by atoms with Crippen molar-refractivity contribution in [2.45, 2.75) is 38.8 Å². The quantitative estimate of drug-likeness (QED) is 0.849. The molecule has 114 valence electrons. The molecule has 0 aliphatic heterocycles. The molecule has 0 fully saturated rings. The molecule has 0 bridgehead atoms. The van der Waals surface area contributed by atoms with E-state index >= 15 is 0 Å². The summed E-state index contributed by atoms with van der Waals surface area (Å²) in [5.74, 6) is -1.29. The van der Waals surface area contributed by atoms with Gasteiger partial charge >= 0.3 is 5.97 Å². The van der Waals surface area contributed by atoms with Gasteiger partial charge in [0.2, 0.25) is 5.91 Å². The molecule has 0 saturated carbocycles. The first-order valence-corrected chi connectivity index (χ1v) is 7.24. The van der Waals surface area contributed by atoms with E-state index in [0.29, 0.717) is 12.8 Å². The van der Waals surface area contributed by atoms with E-state index in [4.69, 9.17) is 10.8 Å². The lowest BCUT2D eigenvalue weighted by Crippen LogP contribution is -2.52. The monoisotopic (exact) mass is 290 g/mol.